The number of allylic oxidation sites excluding steroid dienone is 2. The minimum Gasteiger partial charge on any atom is -0.272 e. The lowest BCUT2D eigenvalue weighted by Gasteiger charge is -2.56. The third-order valence-corrected chi connectivity index (χ3v) is 6.54. The van der Waals surface area contributed by atoms with Crippen molar-refractivity contribution in [2.45, 2.75) is 47.7 Å². The lowest BCUT2D eigenvalue weighted by molar-refractivity contribution is -0.552. The van der Waals surface area contributed by atoms with Gasteiger partial charge in [0.05, 0.1) is 0 Å². The van der Waals surface area contributed by atoms with Crippen molar-refractivity contribution in [3.05, 3.63) is 12.2 Å². The molecule has 3 aliphatic carbocycles. The Balaban J connectivity index is 2.01. The Labute approximate surface area is 173 Å². The summed E-state index contributed by atoms with van der Waals surface area (Å²) in [6.07, 6.45) is -20.5. The van der Waals surface area contributed by atoms with E-state index < -0.39 is 75.2 Å². The predicted molar refractivity (Wildman–Crippen MR) is 73.4 cm³/mol. The second kappa shape index (κ2) is 6.64. The maximum absolute atomic E-state index is 14.8. The molecule has 2 bridgehead atoms. The molecule has 3 aliphatic rings. The Hall–Kier alpha value is -1.37. The number of fused-ring (bicyclic) bond motifs is 5. The third-order valence-electron chi connectivity index (χ3n) is 5.69. The first-order chi connectivity index (χ1) is 14.4. The van der Waals surface area contributed by atoms with Crippen molar-refractivity contribution in [3.8, 4) is 0 Å². The highest BCUT2D eigenvalue weighted by Gasteiger charge is 2.89. The van der Waals surface area contributed by atoms with Gasteiger partial charge in [0.1, 0.15) is 0 Å². The zero-order valence-corrected chi connectivity index (χ0v) is 15.8. The van der Waals surface area contributed by atoms with Crippen molar-refractivity contribution >= 4 is 10.2 Å². The molecule has 6 unspecified atom stereocenters. The normalized spacial score (nSPS) is 35.8. The number of hydrogen-bond donors (Lipinski definition) is 0. The summed E-state index contributed by atoms with van der Waals surface area (Å²) in [4.78, 5) is 0. The van der Waals surface area contributed by atoms with Gasteiger partial charge in [-0.05, 0) is 18.3 Å². The molecule has 0 aromatic rings. The molecule has 0 saturated heterocycles. The number of halogens is 14. The first-order valence-corrected chi connectivity index (χ1v) is 9.74. The summed E-state index contributed by atoms with van der Waals surface area (Å²) in [5.41, 5.74) is 0. The molecular formula is C14H8F14O4S. The first kappa shape index (κ1) is 26.2. The van der Waals surface area contributed by atoms with Crippen LogP contribution in [0.25, 0.3) is 0 Å². The van der Waals surface area contributed by atoms with Crippen molar-refractivity contribution in [2.24, 2.45) is 23.7 Å². The molecule has 4 nitrogen and oxygen atoms in total. The van der Waals surface area contributed by atoms with E-state index in [1.165, 1.54) is 0 Å². The fourth-order valence-corrected chi connectivity index (χ4v) is 4.55. The summed E-state index contributed by atoms with van der Waals surface area (Å²) in [6, 6.07) is 0. The zero-order valence-electron chi connectivity index (χ0n) is 15.0. The Bertz CT molecular complexity index is 961. The Morgan fingerprint density at radius 1 is 0.788 bits per heavy atom. The third kappa shape index (κ3) is 3.20. The quantitative estimate of drug-likeness (QED) is 0.258. The van der Waals surface area contributed by atoms with Crippen molar-refractivity contribution in [2.75, 3.05) is 0 Å². The van der Waals surface area contributed by atoms with Crippen molar-refractivity contribution in [3.63, 3.8) is 0 Å². The molecule has 192 valence electrons. The summed E-state index contributed by atoms with van der Waals surface area (Å²) in [5, 5.41) is -7.38. The van der Waals surface area contributed by atoms with Crippen LogP contribution >= 0.6 is 0 Å². The van der Waals surface area contributed by atoms with Gasteiger partial charge in [-0.2, -0.15) is 61.1 Å². The maximum Gasteiger partial charge on any atom is 0.464 e. The topological polar surface area (TPSA) is 52.6 Å². The van der Waals surface area contributed by atoms with E-state index in [9.17, 15) is 69.4 Å². The van der Waals surface area contributed by atoms with Gasteiger partial charge in [0.15, 0.2) is 0 Å². The van der Waals surface area contributed by atoms with Gasteiger partial charge in [0.2, 0.25) is 0 Å². The Kier molecular flexibility index (Phi) is 5.28. The van der Waals surface area contributed by atoms with Crippen LogP contribution in [0.5, 0.6) is 0 Å². The van der Waals surface area contributed by atoms with Crippen LogP contribution in [0.3, 0.4) is 0 Å². The Morgan fingerprint density at radius 3 is 1.67 bits per heavy atom. The van der Waals surface area contributed by atoms with E-state index in [1.807, 2.05) is 0 Å². The zero-order chi connectivity index (χ0) is 25.8. The van der Waals surface area contributed by atoms with Crippen LogP contribution in [0.4, 0.5) is 61.0 Å². The largest absolute Gasteiger partial charge is 0.464 e. The average Bonchev–Trinajstić information content (AvgIpc) is 3.19. The molecule has 0 aromatic heterocycles. The fourth-order valence-electron chi connectivity index (χ4n) is 4.22. The van der Waals surface area contributed by atoms with Gasteiger partial charge in [0.25, 0.3) is 5.85 Å². The standard InChI is InChI=1S/C14H8F14O4S/c15-8(16)6-4-1-2-5(3-4)7(6)9(8,17)31-12(22,23)10(18,11(19,20)21)32-13(24,25)14(26,27)33(28,29)30/h1-2,4-7H,3H2. The van der Waals surface area contributed by atoms with Crippen LogP contribution in [-0.2, 0) is 19.7 Å². The van der Waals surface area contributed by atoms with Crippen LogP contribution < -0.4 is 0 Å². The number of rotatable bonds is 7. The molecule has 2 fully saturated rings. The summed E-state index contributed by atoms with van der Waals surface area (Å²) < 4.78 is 214. The molecule has 0 aromatic carbocycles. The summed E-state index contributed by atoms with van der Waals surface area (Å²) in [7, 11) is -7.92. The molecule has 19 heteroatoms. The van der Waals surface area contributed by atoms with Crippen LogP contribution in [-0.4, -0.2) is 49.7 Å². The van der Waals surface area contributed by atoms with Gasteiger partial charge >= 0.3 is 45.6 Å². The molecule has 0 radical (unpaired) electrons. The van der Waals surface area contributed by atoms with Crippen molar-refractivity contribution in [1.82, 2.24) is 0 Å². The minimum atomic E-state index is -7.92. The smallest absolute Gasteiger partial charge is 0.272 e. The molecule has 0 N–H and O–H groups in total. The highest BCUT2D eigenvalue weighted by Crippen LogP contribution is 2.72. The van der Waals surface area contributed by atoms with Gasteiger partial charge in [0, 0.05) is 11.8 Å². The SMILES string of the molecule is O=S(=O)(F)C(F)(F)C(F)(F)OC(F)(C(F)(F)F)C(F)(F)OC1(F)C2C3C=CC(C3)C2C1(F)F. The molecule has 0 spiro atoms. The van der Waals surface area contributed by atoms with Crippen molar-refractivity contribution in [1.29, 1.82) is 0 Å². The summed E-state index contributed by atoms with van der Waals surface area (Å²) in [6.45, 7) is 0. The van der Waals surface area contributed by atoms with Gasteiger partial charge < -0.3 is 0 Å². The molecule has 0 amide bonds. The van der Waals surface area contributed by atoms with Gasteiger partial charge in [-0.1, -0.05) is 16.0 Å². The van der Waals surface area contributed by atoms with E-state index in [4.69, 9.17) is 0 Å². The lowest BCUT2D eigenvalue weighted by Crippen LogP contribution is -2.75. The summed E-state index contributed by atoms with van der Waals surface area (Å²) >= 11 is 0. The number of alkyl halides is 13. The maximum atomic E-state index is 14.8. The molecule has 3 rings (SSSR count). The van der Waals surface area contributed by atoms with E-state index >= 15 is 0 Å². The highest BCUT2D eigenvalue weighted by atomic mass is 32.3. The summed E-state index contributed by atoms with van der Waals surface area (Å²) in [5.74, 6) is -24.6. The van der Waals surface area contributed by atoms with Crippen molar-refractivity contribution < 1.29 is 78.9 Å². The Morgan fingerprint density at radius 2 is 1.24 bits per heavy atom. The minimum absolute atomic E-state index is 0.291. The predicted octanol–water partition coefficient (Wildman–Crippen LogP) is 5.08. The average molecular weight is 538 g/mol. The van der Waals surface area contributed by atoms with Crippen LogP contribution in [0.2, 0.25) is 0 Å². The van der Waals surface area contributed by atoms with E-state index in [0.29, 0.717) is 0 Å². The van der Waals surface area contributed by atoms with Gasteiger partial charge in [-0.15, -0.1) is 0 Å². The molecule has 2 saturated carbocycles. The van der Waals surface area contributed by atoms with E-state index in [2.05, 4.69) is 4.74 Å². The van der Waals surface area contributed by atoms with Crippen LogP contribution in [0.1, 0.15) is 6.42 Å². The van der Waals surface area contributed by atoms with Crippen LogP contribution in [0.15, 0.2) is 12.2 Å². The van der Waals surface area contributed by atoms with E-state index in [-0.39, 0.29) is 6.42 Å². The molecule has 6 atom stereocenters. The van der Waals surface area contributed by atoms with Gasteiger partial charge in [-0.25, -0.2) is 4.39 Å². The highest BCUT2D eigenvalue weighted by molar-refractivity contribution is 7.87. The number of ether oxygens (including phenoxy) is 2. The second-order valence-corrected chi connectivity index (χ2v) is 8.94. The number of hydrogen-bond acceptors (Lipinski definition) is 4. The molecule has 0 aliphatic heterocycles. The van der Waals surface area contributed by atoms with E-state index in [1.54, 1.807) is 4.74 Å². The second-order valence-electron chi connectivity index (χ2n) is 7.55. The first-order valence-electron chi connectivity index (χ1n) is 8.36. The molecular weight excluding hydrogens is 530 g/mol. The van der Waals surface area contributed by atoms with E-state index in [0.717, 1.165) is 12.2 Å². The molecule has 33 heavy (non-hydrogen) atoms. The monoisotopic (exact) mass is 538 g/mol. The lowest BCUT2D eigenvalue weighted by atomic mass is 9.60. The molecule has 0 heterocycles. The van der Waals surface area contributed by atoms with Gasteiger partial charge in [-0.3, -0.25) is 9.47 Å². The van der Waals surface area contributed by atoms with Crippen LogP contribution in [0, 0.1) is 23.7 Å². The fraction of sp³-hybridized carbons (Fsp3) is 0.857.